The average molecular weight is 374 g/mol. The van der Waals surface area contributed by atoms with Crippen LogP contribution in [0, 0.1) is 0 Å². The Morgan fingerprint density at radius 3 is 2.75 bits per heavy atom. The minimum atomic E-state index is -0.213. The summed E-state index contributed by atoms with van der Waals surface area (Å²) in [5.41, 5.74) is 3.02. The Kier molecular flexibility index (Phi) is 5.28. The summed E-state index contributed by atoms with van der Waals surface area (Å²) in [6, 6.07) is 15.4. The maximum Gasteiger partial charge on any atom is 0.253 e. The van der Waals surface area contributed by atoms with Gasteiger partial charge in [0, 0.05) is 31.9 Å². The number of para-hydroxylation sites is 1. The molecule has 142 valence electrons. The molecule has 2 aromatic carbocycles. The summed E-state index contributed by atoms with van der Waals surface area (Å²) in [5, 5.41) is 2.99. The lowest BCUT2D eigenvalue weighted by atomic mass is 10.1. The summed E-state index contributed by atoms with van der Waals surface area (Å²) in [7, 11) is 0. The predicted molar refractivity (Wildman–Crippen MR) is 107 cm³/mol. The number of hydrogen-bond acceptors (Lipinski definition) is 4. The number of aryl methyl sites for hydroxylation is 1. The monoisotopic (exact) mass is 374 g/mol. The lowest BCUT2D eigenvalue weighted by Crippen LogP contribution is -2.37. The molecule has 6 nitrogen and oxygen atoms in total. The highest BCUT2D eigenvalue weighted by molar-refractivity contribution is 6.04. The number of carbonyl (C=O) groups excluding carboxylic acids is 2. The van der Waals surface area contributed by atoms with Crippen molar-refractivity contribution in [2.45, 2.75) is 25.3 Å². The summed E-state index contributed by atoms with van der Waals surface area (Å²) >= 11 is 0. The van der Waals surface area contributed by atoms with E-state index in [0.717, 1.165) is 12.8 Å². The van der Waals surface area contributed by atoms with Gasteiger partial charge in [0.05, 0.1) is 17.1 Å². The zero-order valence-electron chi connectivity index (χ0n) is 15.5. The van der Waals surface area contributed by atoms with Crippen molar-refractivity contribution in [2.24, 2.45) is 0 Å². The summed E-state index contributed by atoms with van der Waals surface area (Å²) in [5.74, 6) is -0.119. The largest absolute Gasteiger partial charge is 0.347 e. The van der Waals surface area contributed by atoms with E-state index < -0.39 is 0 Å². The first kappa shape index (κ1) is 18.1. The fourth-order valence-corrected chi connectivity index (χ4v) is 3.64. The number of amides is 2. The van der Waals surface area contributed by atoms with Gasteiger partial charge in [-0.15, -0.1) is 0 Å². The van der Waals surface area contributed by atoms with Gasteiger partial charge in [-0.25, -0.2) is 0 Å². The molecule has 1 N–H and O–H groups in total. The lowest BCUT2D eigenvalue weighted by Gasteiger charge is -2.17. The minimum Gasteiger partial charge on any atom is -0.347 e. The molecule has 1 atom stereocenters. The number of carbonyl (C=O) groups is 2. The summed E-state index contributed by atoms with van der Waals surface area (Å²) in [6.07, 6.45) is 5.37. The van der Waals surface area contributed by atoms with E-state index in [1.54, 1.807) is 24.5 Å². The molecule has 1 fully saturated rings. The van der Waals surface area contributed by atoms with Gasteiger partial charge >= 0.3 is 0 Å². The Balaban J connectivity index is 1.34. The third kappa shape index (κ3) is 4.01. The van der Waals surface area contributed by atoms with Gasteiger partial charge in [-0.2, -0.15) is 0 Å². The zero-order chi connectivity index (χ0) is 19.3. The lowest BCUT2D eigenvalue weighted by molar-refractivity contribution is -0.127. The van der Waals surface area contributed by atoms with Crippen LogP contribution in [0.5, 0.6) is 0 Å². The minimum absolute atomic E-state index is 0.0936. The first-order valence-electron chi connectivity index (χ1n) is 9.53. The first-order valence-corrected chi connectivity index (χ1v) is 9.53. The topological polar surface area (TPSA) is 75.2 Å². The Morgan fingerprint density at radius 2 is 1.89 bits per heavy atom. The zero-order valence-corrected chi connectivity index (χ0v) is 15.5. The smallest absolute Gasteiger partial charge is 0.253 e. The highest BCUT2D eigenvalue weighted by Crippen LogP contribution is 2.17. The van der Waals surface area contributed by atoms with Crippen molar-refractivity contribution in [1.82, 2.24) is 20.2 Å². The van der Waals surface area contributed by atoms with Gasteiger partial charge in [-0.1, -0.05) is 36.4 Å². The van der Waals surface area contributed by atoms with Crippen LogP contribution in [0.15, 0.2) is 60.9 Å². The van der Waals surface area contributed by atoms with Crippen molar-refractivity contribution in [3.8, 4) is 0 Å². The highest BCUT2D eigenvalue weighted by atomic mass is 16.2. The van der Waals surface area contributed by atoms with Crippen LogP contribution in [-0.2, 0) is 11.2 Å². The molecular formula is C22H22N4O2. The number of likely N-dealkylation sites (tertiary alicyclic amines) is 1. The van der Waals surface area contributed by atoms with E-state index in [0.29, 0.717) is 36.1 Å². The van der Waals surface area contributed by atoms with Gasteiger partial charge in [-0.3, -0.25) is 19.6 Å². The molecule has 4 rings (SSSR count). The summed E-state index contributed by atoms with van der Waals surface area (Å²) in [4.78, 5) is 35.4. The van der Waals surface area contributed by atoms with E-state index in [1.807, 2.05) is 29.2 Å². The molecule has 3 aromatic rings. The molecule has 28 heavy (non-hydrogen) atoms. The SMILES string of the molecule is O=C(N[C@H]1CC(=O)N(CCCc2ccccc2)C1)c1cccc2nccnc12. The van der Waals surface area contributed by atoms with E-state index >= 15 is 0 Å². The van der Waals surface area contributed by atoms with Crippen LogP contribution in [-0.4, -0.2) is 45.8 Å². The van der Waals surface area contributed by atoms with E-state index in [4.69, 9.17) is 0 Å². The molecule has 1 saturated heterocycles. The van der Waals surface area contributed by atoms with Crippen LogP contribution >= 0.6 is 0 Å². The van der Waals surface area contributed by atoms with E-state index in [1.165, 1.54) is 5.56 Å². The molecule has 0 unspecified atom stereocenters. The molecule has 1 aliphatic heterocycles. The molecular weight excluding hydrogens is 352 g/mol. The van der Waals surface area contributed by atoms with E-state index in [9.17, 15) is 9.59 Å². The molecule has 0 aliphatic carbocycles. The van der Waals surface area contributed by atoms with Crippen LogP contribution < -0.4 is 5.32 Å². The Labute approximate surface area is 163 Å². The third-order valence-corrected chi connectivity index (χ3v) is 5.03. The van der Waals surface area contributed by atoms with Crippen LogP contribution in [0.25, 0.3) is 11.0 Å². The van der Waals surface area contributed by atoms with Crippen molar-refractivity contribution in [3.05, 3.63) is 72.1 Å². The Bertz CT molecular complexity index is 985. The second-order valence-corrected chi connectivity index (χ2v) is 7.03. The number of fused-ring (bicyclic) bond motifs is 1. The number of nitrogens with zero attached hydrogens (tertiary/aromatic N) is 3. The van der Waals surface area contributed by atoms with Gasteiger partial charge in [-0.05, 0) is 30.5 Å². The molecule has 0 spiro atoms. The Hall–Kier alpha value is -3.28. The fourth-order valence-electron chi connectivity index (χ4n) is 3.64. The molecule has 6 heteroatoms. The summed E-state index contributed by atoms with van der Waals surface area (Å²) < 4.78 is 0. The summed E-state index contributed by atoms with van der Waals surface area (Å²) in [6.45, 7) is 1.26. The van der Waals surface area contributed by atoms with E-state index in [-0.39, 0.29) is 17.9 Å². The molecule has 0 radical (unpaired) electrons. The second kappa shape index (κ2) is 8.17. The van der Waals surface area contributed by atoms with Crippen molar-refractivity contribution in [2.75, 3.05) is 13.1 Å². The number of rotatable bonds is 6. The normalized spacial score (nSPS) is 16.5. The number of benzene rings is 2. The van der Waals surface area contributed by atoms with Crippen molar-refractivity contribution >= 4 is 22.8 Å². The van der Waals surface area contributed by atoms with Gasteiger partial charge in [0.15, 0.2) is 0 Å². The highest BCUT2D eigenvalue weighted by Gasteiger charge is 2.30. The van der Waals surface area contributed by atoms with Gasteiger partial charge < -0.3 is 10.2 Å². The maximum absolute atomic E-state index is 12.7. The average Bonchev–Trinajstić information content (AvgIpc) is 3.07. The van der Waals surface area contributed by atoms with Crippen LogP contribution in [0.2, 0.25) is 0 Å². The van der Waals surface area contributed by atoms with E-state index in [2.05, 4.69) is 27.4 Å². The number of aromatic nitrogens is 2. The van der Waals surface area contributed by atoms with Gasteiger partial charge in [0.2, 0.25) is 5.91 Å². The van der Waals surface area contributed by atoms with Crippen molar-refractivity contribution in [3.63, 3.8) is 0 Å². The van der Waals surface area contributed by atoms with Crippen LogP contribution in [0.3, 0.4) is 0 Å². The van der Waals surface area contributed by atoms with Gasteiger partial charge in [0.25, 0.3) is 5.91 Å². The first-order chi connectivity index (χ1) is 13.7. The standard InChI is InChI=1S/C22H22N4O2/c27-20-14-17(15-26(20)13-5-8-16-6-2-1-3-7-16)25-22(28)18-9-4-10-19-21(18)24-12-11-23-19/h1-4,6-7,9-12,17H,5,8,13-15H2,(H,25,28)/t17-/m0/s1. The van der Waals surface area contributed by atoms with Crippen molar-refractivity contribution < 1.29 is 9.59 Å². The Morgan fingerprint density at radius 1 is 1.07 bits per heavy atom. The predicted octanol–water partition coefficient (Wildman–Crippen LogP) is 2.59. The van der Waals surface area contributed by atoms with Crippen LogP contribution in [0.4, 0.5) is 0 Å². The molecule has 1 aromatic heterocycles. The molecule has 0 saturated carbocycles. The molecule has 2 amide bonds. The molecule has 0 bridgehead atoms. The van der Waals surface area contributed by atoms with Crippen LogP contribution in [0.1, 0.15) is 28.8 Å². The van der Waals surface area contributed by atoms with Crippen molar-refractivity contribution in [1.29, 1.82) is 0 Å². The number of nitrogens with one attached hydrogen (secondary N) is 1. The third-order valence-electron chi connectivity index (χ3n) is 5.03. The molecule has 2 heterocycles. The second-order valence-electron chi connectivity index (χ2n) is 7.03. The quantitative estimate of drug-likeness (QED) is 0.720. The number of hydrogen-bond donors (Lipinski definition) is 1. The van der Waals surface area contributed by atoms with Gasteiger partial charge in [0.1, 0.15) is 5.52 Å². The maximum atomic E-state index is 12.7. The fraction of sp³-hybridized carbons (Fsp3) is 0.273. The molecule has 1 aliphatic rings.